The first-order valence-electron chi connectivity index (χ1n) is 10.1. The molecule has 32 heavy (non-hydrogen) atoms. The highest BCUT2D eigenvalue weighted by Gasteiger charge is 2.33. The van der Waals surface area contributed by atoms with Crippen molar-refractivity contribution >= 4 is 33.3 Å². The molecule has 0 unspecified atom stereocenters. The smallest absolute Gasteiger partial charge is 0.322 e. The molecule has 0 atom stereocenters. The Kier molecular flexibility index (Phi) is 5.57. The largest absolute Gasteiger partial charge is 0.486 e. The van der Waals surface area contributed by atoms with Crippen LogP contribution in [0, 0.1) is 5.92 Å². The van der Waals surface area contributed by atoms with Gasteiger partial charge in [-0.2, -0.15) is 4.31 Å². The highest BCUT2D eigenvalue weighted by molar-refractivity contribution is 7.91. The minimum atomic E-state index is -3.50. The van der Waals surface area contributed by atoms with Crippen LogP contribution in [0.25, 0.3) is 11.5 Å². The number of amides is 1. The highest BCUT2D eigenvalue weighted by atomic mass is 32.2. The van der Waals surface area contributed by atoms with Crippen LogP contribution in [0.5, 0.6) is 11.5 Å². The molecule has 1 saturated heterocycles. The average molecular weight is 477 g/mol. The van der Waals surface area contributed by atoms with Crippen LogP contribution in [0.1, 0.15) is 12.8 Å². The second-order valence-corrected chi connectivity index (χ2v) is 10.5. The summed E-state index contributed by atoms with van der Waals surface area (Å²) in [5.74, 6) is 0.890. The first-order chi connectivity index (χ1) is 15.5. The number of nitrogens with zero attached hydrogens (tertiary/aromatic N) is 3. The predicted molar refractivity (Wildman–Crippen MR) is 115 cm³/mol. The van der Waals surface area contributed by atoms with E-state index in [2.05, 4.69) is 15.5 Å². The Balaban J connectivity index is 1.20. The van der Waals surface area contributed by atoms with Gasteiger partial charge in [-0.1, -0.05) is 11.2 Å². The van der Waals surface area contributed by atoms with E-state index in [9.17, 15) is 13.2 Å². The Morgan fingerprint density at radius 1 is 1.09 bits per heavy atom. The third-order valence-corrected chi connectivity index (χ3v) is 8.63. The Labute approximate surface area is 188 Å². The number of carbonyl (C=O) groups is 1. The van der Waals surface area contributed by atoms with Gasteiger partial charge in [-0.25, -0.2) is 8.42 Å². The number of hydrogen-bond donors (Lipinski definition) is 1. The molecule has 0 spiro atoms. The third kappa shape index (κ3) is 4.08. The Morgan fingerprint density at radius 3 is 2.62 bits per heavy atom. The number of aromatic nitrogens is 2. The van der Waals surface area contributed by atoms with Crippen molar-refractivity contribution in [3.8, 4) is 23.0 Å². The van der Waals surface area contributed by atoms with Gasteiger partial charge >= 0.3 is 6.01 Å². The molecule has 2 aliphatic heterocycles. The van der Waals surface area contributed by atoms with E-state index in [0.29, 0.717) is 47.3 Å². The number of piperidine rings is 1. The molecule has 0 radical (unpaired) electrons. The van der Waals surface area contributed by atoms with Gasteiger partial charge in [0.1, 0.15) is 17.4 Å². The fourth-order valence-electron chi connectivity index (χ4n) is 3.67. The quantitative estimate of drug-likeness (QED) is 0.596. The summed E-state index contributed by atoms with van der Waals surface area (Å²) < 4.78 is 43.7. The standard InChI is InChI=1S/C20H20N4O6S2/c25-18(13-5-7-24(8-6-13)32(26,27)17-2-1-11-31-17)21-20-23-22-19(30-20)14-3-4-15-16(12-14)29-10-9-28-15/h1-4,11-13H,5-10H2,(H,21,23,25). The zero-order chi connectivity index (χ0) is 22.1. The molecule has 0 bridgehead atoms. The van der Waals surface area contributed by atoms with Gasteiger partial charge in [-0.3, -0.25) is 10.1 Å². The van der Waals surface area contributed by atoms with E-state index in [4.69, 9.17) is 13.9 Å². The molecule has 10 nitrogen and oxygen atoms in total. The second-order valence-electron chi connectivity index (χ2n) is 7.37. The molecule has 4 heterocycles. The van der Waals surface area contributed by atoms with Crippen molar-refractivity contribution in [2.75, 3.05) is 31.6 Å². The molecule has 2 aromatic heterocycles. The molecule has 0 saturated carbocycles. The zero-order valence-electron chi connectivity index (χ0n) is 16.9. The average Bonchev–Trinajstić information content (AvgIpc) is 3.52. The van der Waals surface area contributed by atoms with Crippen molar-refractivity contribution in [2.45, 2.75) is 17.1 Å². The maximum absolute atomic E-state index is 12.6. The normalized spacial score (nSPS) is 17.2. The number of benzene rings is 1. The third-order valence-electron chi connectivity index (χ3n) is 5.36. The lowest BCUT2D eigenvalue weighted by molar-refractivity contribution is -0.121. The fraction of sp³-hybridized carbons (Fsp3) is 0.350. The monoisotopic (exact) mass is 476 g/mol. The van der Waals surface area contributed by atoms with E-state index < -0.39 is 10.0 Å². The van der Waals surface area contributed by atoms with E-state index >= 15 is 0 Å². The van der Waals surface area contributed by atoms with Crippen molar-refractivity contribution < 1.29 is 27.1 Å². The van der Waals surface area contributed by atoms with Gasteiger partial charge < -0.3 is 13.9 Å². The topological polar surface area (TPSA) is 124 Å². The molecule has 1 amide bonds. The number of nitrogens with one attached hydrogen (secondary N) is 1. The number of rotatable bonds is 5. The molecule has 168 valence electrons. The summed E-state index contributed by atoms with van der Waals surface area (Å²) in [6.45, 7) is 1.53. The van der Waals surface area contributed by atoms with E-state index in [1.54, 1.807) is 35.7 Å². The number of sulfonamides is 1. The van der Waals surface area contributed by atoms with Gasteiger partial charge in [0.05, 0.1) is 0 Å². The van der Waals surface area contributed by atoms with Crippen LogP contribution in [-0.4, -0.2) is 55.1 Å². The highest BCUT2D eigenvalue weighted by Crippen LogP contribution is 2.34. The summed E-state index contributed by atoms with van der Waals surface area (Å²) in [4.78, 5) is 12.6. The lowest BCUT2D eigenvalue weighted by Gasteiger charge is -2.29. The molecular weight excluding hydrogens is 456 g/mol. The van der Waals surface area contributed by atoms with Crippen LogP contribution in [0.4, 0.5) is 6.01 Å². The van der Waals surface area contributed by atoms with Gasteiger partial charge in [0.25, 0.3) is 10.0 Å². The van der Waals surface area contributed by atoms with E-state index in [1.807, 2.05) is 0 Å². The number of hydrogen-bond acceptors (Lipinski definition) is 9. The molecule has 2 aliphatic rings. The molecule has 0 aliphatic carbocycles. The number of thiophene rings is 1. The maximum Gasteiger partial charge on any atom is 0.322 e. The number of ether oxygens (including phenoxy) is 2. The minimum Gasteiger partial charge on any atom is -0.486 e. The Morgan fingerprint density at radius 2 is 1.88 bits per heavy atom. The lowest BCUT2D eigenvalue weighted by Crippen LogP contribution is -2.41. The van der Waals surface area contributed by atoms with Crippen molar-refractivity contribution in [1.82, 2.24) is 14.5 Å². The predicted octanol–water partition coefficient (Wildman–Crippen LogP) is 2.61. The van der Waals surface area contributed by atoms with Crippen LogP contribution in [-0.2, 0) is 14.8 Å². The Bertz CT molecular complexity index is 1220. The summed E-state index contributed by atoms with van der Waals surface area (Å²) in [5.41, 5.74) is 0.648. The van der Waals surface area contributed by atoms with Crippen LogP contribution in [0.15, 0.2) is 44.3 Å². The SMILES string of the molecule is O=C(Nc1nnc(-c2ccc3c(c2)OCCO3)o1)C1CCN(S(=O)(=O)c2cccs2)CC1. The van der Waals surface area contributed by atoms with Crippen LogP contribution in [0.3, 0.4) is 0 Å². The summed E-state index contributed by atoms with van der Waals surface area (Å²) in [5, 5.41) is 12.3. The van der Waals surface area contributed by atoms with Gasteiger partial charge in [0, 0.05) is 24.6 Å². The van der Waals surface area contributed by atoms with Gasteiger partial charge in [-0.15, -0.1) is 16.4 Å². The van der Waals surface area contributed by atoms with Crippen LogP contribution in [0.2, 0.25) is 0 Å². The van der Waals surface area contributed by atoms with Crippen molar-refractivity contribution in [1.29, 1.82) is 0 Å². The summed E-state index contributed by atoms with van der Waals surface area (Å²) in [7, 11) is -3.50. The molecule has 1 N–H and O–H groups in total. The van der Waals surface area contributed by atoms with Crippen molar-refractivity contribution in [3.05, 3.63) is 35.7 Å². The molecule has 1 aromatic carbocycles. The Hall–Kier alpha value is -2.96. The lowest BCUT2D eigenvalue weighted by atomic mass is 9.97. The number of anilines is 1. The van der Waals surface area contributed by atoms with Gasteiger partial charge in [-0.05, 0) is 42.5 Å². The summed E-state index contributed by atoms with van der Waals surface area (Å²) in [6.07, 6.45) is 0.833. The van der Waals surface area contributed by atoms with Crippen molar-refractivity contribution in [3.63, 3.8) is 0 Å². The van der Waals surface area contributed by atoms with E-state index in [-0.39, 0.29) is 36.8 Å². The van der Waals surface area contributed by atoms with E-state index in [0.717, 1.165) is 0 Å². The summed E-state index contributed by atoms with van der Waals surface area (Å²) >= 11 is 1.19. The fourth-order valence-corrected chi connectivity index (χ4v) is 6.28. The summed E-state index contributed by atoms with van der Waals surface area (Å²) in [6, 6.07) is 8.58. The molecule has 3 aromatic rings. The first-order valence-corrected chi connectivity index (χ1v) is 12.4. The van der Waals surface area contributed by atoms with Crippen LogP contribution < -0.4 is 14.8 Å². The minimum absolute atomic E-state index is 0.00599. The van der Waals surface area contributed by atoms with Crippen LogP contribution >= 0.6 is 11.3 Å². The zero-order valence-corrected chi connectivity index (χ0v) is 18.5. The number of fused-ring (bicyclic) bond motifs is 1. The first kappa shape index (κ1) is 20.9. The molecule has 5 rings (SSSR count). The maximum atomic E-state index is 12.6. The number of carbonyl (C=O) groups excluding carboxylic acids is 1. The van der Waals surface area contributed by atoms with Gasteiger partial charge in [0.15, 0.2) is 11.5 Å². The second kappa shape index (κ2) is 8.52. The van der Waals surface area contributed by atoms with Gasteiger partial charge in [0.2, 0.25) is 11.8 Å². The molecule has 1 fully saturated rings. The molecular formula is C20H20N4O6S2. The van der Waals surface area contributed by atoms with Crippen molar-refractivity contribution in [2.24, 2.45) is 5.92 Å². The molecule has 12 heteroatoms. The van der Waals surface area contributed by atoms with E-state index in [1.165, 1.54) is 15.6 Å².